The number of nitrogens with one attached hydrogen (secondary N) is 2. The molecule has 0 spiro atoms. The van der Waals surface area contributed by atoms with Crippen LogP contribution in [0.25, 0.3) is 0 Å². The third kappa shape index (κ3) is 6.46. The zero-order valence-electron chi connectivity index (χ0n) is 11.6. The smallest absolute Gasteiger partial charge is 0.326 e. The molecule has 0 radical (unpaired) electrons. The molecular weight excluding hydrogens is 280 g/mol. The van der Waals surface area contributed by atoms with Gasteiger partial charge in [-0.15, -0.1) is 0 Å². The van der Waals surface area contributed by atoms with Gasteiger partial charge in [-0.3, -0.25) is 4.79 Å². The first-order valence-electron chi connectivity index (χ1n) is 6.39. The average Bonchev–Trinajstić information content (AvgIpc) is 2.95. The van der Waals surface area contributed by atoms with Gasteiger partial charge in [0.25, 0.3) is 0 Å². The Labute approximate surface area is 121 Å². The van der Waals surface area contributed by atoms with Gasteiger partial charge in [0, 0.05) is 19.4 Å². The molecular formula is C13H18N2O6. The molecule has 0 unspecified atom stereocenters. The fourth-order valence-electron chi connectivity index (χ4n) is 1.58. The summed E-state index contributed by atoms with van der Waals surface area (Å²) in [5, 5.41) is 13.8. The Balaban J connectivity index is 2.31. The molecule has 2 amide bonds. The van der Waals surface area contributed by atoms with Gasteiger partial charge < -0.3 is 24.9 Å². The minimum Gasteiger partial charge on any atom is -0.480 e. The van der Waals surface area contributed by atoms with E-state index in [2.05, 4.69) is 15.4 Å². The summed E-state index contributed by atoms with van der Waals surface area (Å²) in [5.41, 5.74) is 0. The van der Waals surface area contributed by atoms with Crippen LogP contribution in [0.5, 0.6) is 0 Å². The first-order chi connectivity index (χ1) is 10.0. The SMILES string of the molecule is COC(=O)CC[C@@H](NC(=O)NCCc1ccco1)C(=O)O. The second-order valence-corrected chi connectivity index (χ2v) is 4.24. The van der Waals surface area contributed by atoms with Crippen LogP contribution in [0.1, 0.15) is 18.6 Å². The molecule has 0 saturated carbocycles. The maximum Gasteiger partial charge on any atom is 0.326 e. The van der Waals surface area contributed by atoms with E-state index >= 15 is 0 Å². The Bertz CT molecular complexity index is 471. The molecule has 1 atom stereocenters. The summed E-state index contributed by atoms with van der Waals surface area (Å²) in [6.45, 7) is 0.308. The van der Waals surface area contributed by atoms with Crippen LogP contribution in [0, 0.1) is 0 Å². The molecule has 116 valence electrons. The van der Waals surface area contributed by atoms with Gasteiger partial charge >= 0.3 is 18.0 Å². The van der Waals surface area contributed by atoms with Gasteiger partial charge in [0.05, 0.1) is 13.4 Å². The molecule has 21 heavy (non-hydrogen) atoms. The quantitative estimate of drug-likeness (QED) is 0.602. The third-order valence-corrected chi connectivity index (χ3v) is 2.71. The second-order valence-electron chi connectivity index (χ2n) is 4.24. The lowest BCUT2D eigenvalue weighted by Crippen LogP contribution is -2.46. The highest BCUT2D eigenvalue weighted by Crippen LogP contribution is 2.01. The summed E-state index contributed by atoms with van der Waals surface area (Å²) in [6.07, 6.45) is 1.91. The number of rotatable bonds is 8. The predicted molar refractivity (Wildman–Crippen MR) is 71.6 cm³/mol. The molecule has 3 N–H and O–H groups in total. The molecule has 8 heteroatoms. The summed E-state index contributed by atoms with van der Waals surface area (Å²) in [6, 6.07) is 1.75. The first kappa shape index (κ1) is 16.5. The van der Waals surface area contributed by atoms with Crippen molar-refractivity contribution in [2.24, 2.45) is 0 Å². The largest absolute Gasteiger partial charge is 0.480 e. The number of carbonyl (C=O) groups is 3. The van der Waals surface area contributed by atoms with Crippen molar-refractivity contribution >= 4 is 18.0 Å². The van der Waals surface area contributed by atoms with Gasteiger partial charge in [0.1, 0.15) is 11.8 Å². The van der Waals surface area contributed by atoms with Gasteiger partial charge in [0.15, 0.2) is 0 Å². The highest BCUT2D eigenvalue weighted by molar-refractivity contribution is 5.83. The Morgan fingerprint density at radius 2 is 2.19 bits per heavy atom. The summed E-state index contributed by atoms with van der Waals surface area (Å²) in [5.74, 6) is -1.02. The van der Waals surface area contributed by atoms with E-state index in [4.69, 9.17) is 9.52 Å². The van der Waals surface area contributed by atoms with Crippen molar-refractivity contribution in [1.29, 1.82) is 0 Å². The maximum atomic E-state index is 11.6. The zero-order chi connectivity index (χ0) is 15.7. The lowest BCUT2D eigenvalue weighted by atomic mass is 10.1. The number of carboxylic acid groups (broad SMARTS) is 1. The van der Waals surface area contributed by atoms with E-state index in [-0.39, 0.29) is 12.8 Å². The number of methoxy groups -OCH3 is 1. The molecule has 1 rings (SSSR count). The average molecular weight is 298 g/mol. The van der Waals surface area contributed by atoms with Crippen LogP contribution in [0.15, 0.2) is 22.8 Å². The molecule has 1 aromatic rings. The number of furan rings is 1. The maximum absolute atomic E-state index is 11.6. The fourth-order valence-corrected chi connectivity index (χ4v) is 1.58. The molecule has 0 bridgehead atoms. The van der Waals surface area contributed by atoms with E-state index < -0.39 is 24.0 Å². The number of aliphatic carboxylic acids is 1. The number of carboxylic acids is 1. The molecule has 8 nitrogen and oxygen atoms in total. The van der Waals surface area contributed by atoms with E-state index in [1.54, 1.807) is 12.1 Å². The van der Waals surface area contributed by atoms with Crippen molar-refractivity contribution in [2.75, 3.05) is 13.7 Å². The first-order valence-corrected chi connectivity index (χ1v) is 6.39. The molecule has 0 aliphatic carbocycles. The summed E-state index contributed by atoms with van der Waals surface area (Å²) in [7, 11) is 1.22. The monoisotopic (exact) mass is 298 g/mol. The van der Waals surface area contributed by atoms with Crippen molar-refractivity contribution in [2.45, 2.75) is 25.3 Å². The highest BCUT2D eigenvalue weighted by Gasteiger charge is 2.21. The number of hydrogen-bond donors (Lipinski definition) is 3. The molecule has 1 heterocycles. The van der Waals surface area contributed by atoms with Crippen LogP contribution < -0.4 is 10.6 Å². The second kappa shape index (κ2) is 8.62. The highest BCUT2D eigenvalue weighted by atomic mass is 16.5. The number of ether oxygens (including phenoxy) is 1. The van der Waals surface area contributed by atoms with Crippen molar-refractivity contribution in [1.82, 2.24) is 10.6 Å². The van der Waals surface area contributed by atoms with E-state index in [1.165, 1.54) is 13.4 Å². The summed E-state index contributed by atoms with van der Waals surface area (Å²) < 4.78 is 9.52. The number of urea groups is 1. The topological polar surface area (TPSA) is 118 Å². The van der Waals surface area contributed by atoms with Crippen LogP contribution >= 0.6 is 0 Å². The van der Waals surface area contributed by atoms with E-state index in [1.807, 2.05) is 0 Å². The fraction of sp³-hybridized carbons (Fsp3) is 0.462. The van der Waals surface area contributed by atoms with Crippen LogP contribution in [0.3, 0.4) is 0 Å². The van der Waals surface area contributed by atoms with Crippen molar-refractivity contribution < 1.29 is 28.6 Å². The van der Waals surface area contributed by atoms with Crippen LogP contribution in [-0.4, -0.2) is 42.8 Å². The molecule has 0 aliphatic heterocycles. The Hall–Kier alpha value is -2.51. The van der Waals surface area contributed by atoms with Crippen molar-refractivity contribution in [3.05, 3.63) is 24.2 Å². The van der Waals surface area contributed by atoms with Crippen LogP contribution in [0.4, 0.5) is 4.79 Å². The van der Waals surface area contributed by atoms with Gasteiger partial charge in [-0.2, -0.15) is 0 Å². The predicted octanol–water partition coefficient (Wildman–Crippen LogP) is 0.528. The van der Waals surface area contributed by atoms with Gasteiger partial charge in [-0.1, -0.05) is 0 Å². The lowest BCUT2D eigenvalue weighted by Gasteiger charge is -2.14. The molecule has 0 fully saturated rings. The van der Waals surface area contributed by atoms with Gasteiger partial charge in [-0.05, 0) is 18.6 Å². The molecule has 1 aromatic heterocycles. The molecule has 0 aliphatic rings. The van der Waals surface area contributed by atoms with Crippen LogP contribution in [-0.2, 0) is 20.7 Å². The Morgan fingerprint density at radius 3 is 2.76 bits per heavy atom. The summed E-state index contributed by atoms with van der Waals surface area (Å²) >= 11 is 0. The van der Waals surface area contributed by atoms with Gasteiger partial charge in [-0.25, -0.2) is 9.59 Å². The number of carbonyl (C=O) groups excluding carboxylic acids is 2. The van der Waals surface area contributed by atoms with Crippen molar-refractivity contribution in [3.8, 4) is 0 Å². The number of hydrogen-bond acceptors (Lipinski definition) is 5. The normalized spacial score (nSPS) is 11.5. The van der Waals surface area contributed by atoms with E-state index in [9.17, 15) is 14.4 Å². The number of esters is 1. The number of amides is 2. The lowest BCUT2D eigenvalue weighted by molar-refractivity contribution is -0.142. The third-order valence-electron chi connectivity index (χ3n) is 2.71. The molecule has 0 saturated heterocycles. The minimum atomic E-state index is -1.21. The molecule has 0 aromatic carbocycles. The minimum absolute atomic E-state index is 0.0341. The van der Waals surface area contributed by atoms with Gasteiger partial charge in [0.2, 0.25) is 0 Å². The van der Waals surface area contributed by atoms with Crippen LogP contribution in [0.2, 0.25) is 0 Å². The summed E-state index contributed by atoms with van der Waals surface area (Å²) in [4.78, 5) is 33.5. The van der Waals surface area contributed by atoms with Crippen molar-refractivity contribution in [3.63, 3.8) is 0 Å². The standard InChI is InChI=1S/C13H18N2O6/c1-20-11(16)5-4-10(12(17)18)15-13(19)14-7-6-9-3-2-8-21-9/h2-3,8,10H,4-7H2,1H3,(H,17,18)(H2,14,15,19)/t10-/m1/s1. The Kier molecular flexibility index (Phi) is 6.79. The van der Waals surface area contributed by atoms with E-state index in [0.717, 1.165) is 5.76 Å². The zero-order valence-corrected chi connectivity index (χ0v) is 11.6. The Morgan fingerprint density at radius 1 is 1.43 bits per heavy atom. The van der Waals surface area contributed by atoms with E-state index in [0.29, 0.717) is 13.0 Å².